The summed E-state index contributed by atoms with van der Waals surface area (Å²) >= 11 is 0. The molecule has 1 aromatic rings. The molecule has 1 rings (SSSR count). The van der Waals surface area contributed by atoms with Gasteiger partial charge in [0.1, 0.15) is 5.75 Å². The highest BCUT2D eigenvalue weighted by Gasteiger charge is 2.20. The molecule has 0 unspecified atom stereocenters. The van der Waals surface area contributed by atoms with Crippen LogP contribution in [0.15, 0.2) is 18.2 Å². The van der Waals surface area contributed by atoms with Crippen LogP contribution in [-0.4, -0.2) is 7.11 Å². The SMILES string of the molecule is COc1cc(C(C)(C)C#N)ccc1N. The highest BCUT2D eigenvalue weighted by molar-refractivity contribution is 5.55. The summed E-state index contributed by atoms with van der Waals surface area (Å²) in [6.45, 7) is 3.72. The molecule has 0 amide bonds. The number of nitrogens with two attached hydrogens (primary N) is 1. The number of benzene rings is 1. The summed E-state index contributed by atoms with van der Waals surface area (Å²) < 4.78 is 5.09. The van der Waals surface area contributed by atoms with Gasteiger partial charge in [0, 0.05) is 0 Å². The minimum atomic E-state index is -0.513. The standard InChI is InChI=1S/C11H14N2O/c1-11(2,7-12)8-4-5-9(13)10(6-8)14-3/h4-6H,13H2,1-3H3. The van der Waals surface area contributed by atoms with Gasteiger partial charge in [-0.25, -0.2) is 0 Å². The van der Waals surface area contributed by atoms with Crippen LogP contribution in [0.25, 0.3) is 0 Å². The normalized spacial score (nSPS) is 10.7. The third kappa shape index (κ3) is 1.80. The lowest BCUT2D eigenvalue weighted by atomic mass is 9.86. The van der Waals surface area contributed by atoms with Gasteiger partial charge in [-0.2, -0.15) is 5.26 Å². The van der Waals surface area contributed by atoms with E-state index >= 15 is 0 Å². The molecule has 0 spiro atoms. The van der Waals surface area contributed by atoms with E-state index in [4.69, 9.17) is 15.7 Å². The van der Waals surface area contributed by atoms with Gasteiger partial charge in [0.25, 0.3) is 0 Å². The van der Waals surface area contributed by atoms with E-state index in [9.17, 15) is 0 Å². The van der Waals surface area contributed by atoms with E-state index in [1.54, 1.807) is 19.2 Å². The molecule has 3 nitrogen and oxygen atoms in total. The van der Waals surface area contributed by atoms with Gasteiger partial charge in [-0.1, -0.05) is 6.07 Å². The van der Waals surface area contributed by atoms with E-state index in [-0.39, 0.29) is 0 Å². The quantitative estimate of drug-likeness (QED) is 0.726. The number of rotatable bonds is 2. The van der Waals surface area contributed by atoms with Gasteiger partial charge in [0.15, 0.2) is 0 Å². The molecule has 74 valence electrons. The molecule has 0 radical (unpaired) electrons. The Hall–Kier alpha value is -1.69. The second-order valence-electron chi connectivity index (χ2n) is 3.69. The summed E-state index contributed by atoms with van der Waals surface area (Å²) in [6.07, 6.45) is 0. The summed E-state index contributed by atoms with van der Waals surface area (Å²) in [7, 11) is 1.56. The Bertz CT molecular complexity index is 377. The zero-order valence-corrected chi connectivity index (χ0v) is 8.66. The number of hydrogen-bond acceptors (Lipinski definition) is 3. The van der Waals surface area contributed by atoms with Crippen LogP contribution in [0, 0.1) is 11.3 Å². The van der Waals surface area contributed by atoms with Crippen LogP contribution in [0.2, 0.25) is 0 Å². The monoisotopic (exact) mass is 190 g/mol. The Balaban J connectivity index is 3.21. The molecule has 0 saturated carbocycles. The smallest absolute Gasteiger partial charge is 0.142 e. The first-order chi connectivity index (χ1) is 6.51. The number of nitrogen functional groups attached to an aromatic ring is 1. The Morgan fingerprint density at radius 3 is 2.57 bits per heavy atom. The lowest BCUT2D eigenvalue weighted by Crippen LogP contribution is -2.14. The molecule has 0 aliphatic rings. The molecular formula is C11H14N2O. The molecule has 14 heavy (non-hydrogen) atoms. The lowest BCUT2D eigenvalue weighted by molar-refractivity contribution is 0.415. The number of ether oxygens (including phenoxy) is 1. The second-order valence-corrected chi connectivity index (χ2v) is 3.69. The molecule has 0 heterocycles. The van der Waals surface area contributed by atoms with Crippen LogP contribution in [0.4, 0.5) is 5.69 Å². The van der Waals surface area contributed by atoms with Crippen molar-refractivity contribution in [3.05, 3.63) is 23.8 Å². The average Bonchev–Trinajstić information content (AvgIpc) is 2.18. The minimum Gasteiger partial charge on any atom is -0.495 e. The molecule has 0 aliphatic carbocycles. The molecule has 0 saturated heterocycles. The maximum atomic E-state index is 8.96. The maximum Gasteiger partial charge on any atom is 0.142 e. The highest BCUT2D eigenvalue weighted by atomic mass is 16.5. The number of nitrogens with zero attached hydrogens (tertiary/aromatic N) is 1. The molecule has 1 aromatic carbocycles. The van der Waals surface area contributed by atoms with Gasteiger partial charge in [-0.3, -0.25) is 0 Å². The molecule has 0 bridgehead atoms. The van der Waals surface area contributed by atoms with E-state index < -0.39 is 5.41 Å². The first-order valence-corrected chi connectivity index (χ1v) is 4.36. The summed E-state index contributed by atoms with van der Waals surface area (Å²) in [4.78, 5) is 0. The largest absolute Gasteiger partial charge is 0.495 e. The van der Waals surface area contributed by atoms with Gasteiger partial charge in [0.05, 0.1) is 24.3 Å². The van der Waals surface area contributed by atoms with Gasteiger partial charge >= 0.3 is 0 Å². The van der Waals surface area contributed by atoms with Crippen molar-refractivity contribution in [2.45, 2.75) is 19.3 Å². The highest BCUT2D eigenvalue weighted by Crippen LogP contribution is 2.29. The van der Waals surface area contributed by atoms with Gasteiger partial charge < -0.3 is 10.5 Å². The van der Waals surface area contributed by atoms with Crippen molar-refractivity contribution in [1.82, 2.24) is 0 Å². The Morgan fingerprint density at radius 1 is 1.43 bits per heavy atom. The molecule has 0 aromatic heterocycles. The minimum absolute atomic E-state index is 0.513. The molecule has 0 fully saturated rings. The predicted molar refractivity (Wildman–Crippen MR) is 56.0 cm³/mol. The topological polar surface area (TPSA) is 59.0 Å². The van der Waals surface area contributed by atoms with E-state index in [0.29, 0.717) is 11.4 Å². The first kappa shape index (κ1) is 10.4. The number of anilines is 1. The Kier molecular flexibility index (Phi) is 2.66. The van der Waals surface area contributed by atoms with Gasteiger partial charge in [-0.05, 0) is 31.5 Å². The van der Waals surface area contributed by atoms with Gasteiger partial charge in [-0.15, -0.1) is 0 Å². The maximum absolute atomic E-state index is 8.96. The fourth-order valence-electron chi connectivity index (χ4n) is 1.16. The van der Waals surface area contributed by atoms with Crippen LogP contribution >= 0.6 is 0 Å². The zero-order valence-electron chi connectivity index (χ0n) is 8.66. The fraction of sp³-hybridized carbons (Fsp3) is 0.364. The molecule has 3 heteroatoms. The van der Waals surface area contributed by atoms with Crippen molar-refractivity contribution in [1.29, 1.82) is 5.26 Å². The van der Waals surface area contributed by atoms with Crippen LogP contribution < -0.4 is 10.5 Å². The number of hydrogen-bond donors (Lipinski definition) is 1. The van der Waals surface area contributed by atoms with E-state index in [1.165, 1.54) is 0 Å². The lowest BCUT2D eigenvalue weighted by Gasteiger charge is -2.17. The fourth-order valence-corrected chi connectivity index (χ4v) is 1.16. The predicted octanol–water partition coefficient (Wildman–Crippen LogP) is 2.08. The molecule has 0 aliphatic heterocycles. The van der Waals surface area contributed by atoms with Crippen molar-refractivity contribution in [3.8, 4) is 11.8 Å². The molecule has 2 N–H and O–H groups in total. The van der Waals surface area contributed by atoms with Crippen molar-refractivity contribution < 1.29 is 4.74 Å². The van der Waals surface area contributed by atoms with E-state index in [1.807, 2.05) is 19.9 Å². The van der Waals surface area contributed by atoms with Crippen LogP contribution in [0.3, 0.4) is 0 Å². The van der Waals surface area contributed by atoms with Crippen molar-refractivity contribution in [3.63, 3.8) is 0 Å². The van der Waals surface area contributed by atoms with Gasteiger partial charge in [0.2, 0.25) is 0 Å². The summed E-state index contributed by atoms with van der Waals surface area (Å²) in [5.74, 6) is 0.617. The van der Waals surface area contributed by atoms with Crippen molar-refractivity contribution in [2.24, 2.45) is 0 Å². The zero-order chi connectivity index (χ0) is 10.8. The third-order valence-electron chi connectivity index (χ3n) is 2.23. The Morgan fingerprint density at radius 2 is 2.07 bits per heavy atom. The van der Waals surface area contributed by atoms with Crippen LogP contribution in [-0.2, 0) is 5.41 Å². The van der Waals surface area contributed by atoms with Crippen LogP contribution in [0.5, 0.6) is 5.75 Å². The van der Waals surface area contributed by atoms with Crippen LogP contribution in [0.1, 0.15) is 19.4 Å². The van der Waals surface area contributed by atoms with E-state index in [2.05, 4.69) is 6.07 Å². The summed E-state index contributed by atoms with van der Waals surface area (Å²) in [5.41, 5.74) is 6.66. The summed E-state index contributed by atoms with van der Waals surface area (Å²) in [6, 6.07) is 7.64. The number of methoxy groups -OCH3 is 1. The molecular weight excluding hydrogens is 176 g/mol. The average molecular weight is 190 g/mol. The third-order valence-corrected chi connectivity index (χ3v) is 2.23. The van der Waals surface area contributed by atoms with Crippen molar-refractivity contribution >= 4 is 5.69 Å². The summed E-state index contributed by atoms with van der Waals surface area (Å²) in [5, 5.41) is 8.96. The molecule has 0 atom stereocenters. The first-order valence-electron chi connectivity index (χ1n) is 4.36. The Labute approximate surface area is 84.1 Å². The second kappa shape index (κ2) is 3.59. The van der Waals surface area contributed by atoms with Crippen molar-refractivity contribution in [2.75, 3.05) is 12.8 Å². The number of nitriles is 1. The van der Waals surface area contributed by atoms with E-state index in [0.717, 1.165) is 5.56 Å².